The molecule has 13 heavy (non-hydrogen) atoms. The molecule has 70 valence electrons. The first kappa shape index (κ1) is 9.03. The lowest BCUT2D eigenvalue weighted by atomic mass is 10.3. The highest BCUT2D eigenvalue weighted by Gasteiger charge is 2.39. The predicted molar refractivity (Wildman–Crippen MR) is 37.8 cm³/mol. The molecule has 1 heterocycles. The van der Waals surface area contributed by atoms with E-state index in [1.54, 1.807) is 0 Å². The van der Waals surface area contributed by atoms with Gasteiger partial charge in [-0.3, -0.25) is 20.2 Å². The molecular formula is C4H5N5O4. The Balaban J connectivity index is 3.09. The third-order valence-corrected chi connectivity index (χ3v) is 1.40. The third-order valence-electron chi connectivity index (χ3n) is 1.40. The Labute approximate surface area is 71.1 Å². The molecule has 0 aliphatic heterocycles. The molecule has 0 saturated carbocycles. The molecule has 0 unspecified atom stereocenters. The summed E-state index contributed by atoms with van der Waals surface area (Å²) in [5.41, 5.74) is -0.117. The predicted octanol–water partition coefficient (Wildman–Crippen LogP) is -0.335. The van der Waals surface area contributed by atoms with Crippen LogP contribution >= 0.6 is 0 Å². The number of nitro groups is 2. The summed E-state index contributed by atoms with van der Waals surface area (Å²) in [7, 11) is 0. The SMILES string of the molecule is Cc1n[nH]nc1C([N+](=O)[O-])[N+](=O)[O-]. The fourth-order valence-electron chi connectivity index (χ4n) is 0.813. The number of hydrogen-bond donors (Lipinski definition) is 1. The van der Waals surface area contributed by atoms with E-state index in [0.29, 0.717) is 0 Å². The van der Waals surface area contributed by atoms with Gasteiger partial charge in [-0.25, -0.2) is 0 Å². The molecule has 0 aliphatic rings. The quantitative estimate of drug-likeness (QED) is 0.391. The summed E-state index contributed by atoms with van der Waals surface area (Å²) in [5, 5.41) is 29.4. The van der Waals surface area contributed by atoms with Crippen molar-refractivity contribution in [3.63, 3.8) is 0 Å². The molecular weight excluding hydrogens is 182 g/mol. The van der Waals surface area contributed by atoms with Crippen molar-refractivity contribution in [2.75, 3.05) is 0 Å². The normalized spacial score (nSPS) is 10.3. The highest BCUT2D eigenvalue weighted by molar-refractivity contribution is 5.06. The minimum atomic E-state index is -2.04. The summed E-state index contributed by atoms with van der Waals surface area (Å²) in [6.07, 6.45) is -2.04. The molecule has 0 amide bonds. The first-order valence-electron chi connectivity index (χ1n) is 3.18. The first-order chi connectivity index (χ1) is 6.04. The lowest BCUT2D eigenvalue weighted by molar-refractivity contribution is -0.753. The summed E-state index contributed by atoms with van der Waals surface area (Å²) >= 11 is 0. The minimum absolute atomic E-state index is 0.151. The second-order valence-corrected chi connectivity index (χ2v) is 2.24. The largest absolute Gasteiger partial charge is 0.496 e. The van der Waals surface area contributed by atoms with E-state index < -0.39 is 16.0 Å². The van der Waals surface area contributed by atoms with Gasteiger partial charge in [-0.1, -0.05) is 0 Å². The molecule has 0 atom stereocenters. The Kier molecular flexibility index (Phi) is 2.17. The van der Waals surface area contributed by atoms with Crippen molar-refractivity contribution >= 4 is 0 Å². The summed E-state index contributed by atoms with van der Waals surface area (Å²) < 4.78 is 0. The summed E-state index contributed by atoms with van der Waals surface area (Å²) in [6, 6.07) is 0. The smallest absolute Gasteiger partial charge is 0.258 e. The Morgan fingerprint density at radius 3 is 2.15 bits per heavy atom. The van der Waals surface area contributed by atoms with Crippen molar-refractivity contribution in [3.05, 3.63) is 31.6 Å². The maximum absolute atomic E-state index is 10.3. The summed E-state index contributed by atoms with van der Waals surface area (Å²) in [4.78, 5) is 18.5. The maximum Gasteiger partial charge on any atom is 0.496 e. The van der Waals surface area contributed by atoms with E-state index in [1.165, 1.54) is 6.92 Å². The number of aryl methyl sites for hydroxylation is 1. The van der Waals surface area contributed by atoms with Gasteiger partial charge < -0.3 is 0 Å². The van der Waals surface area contributed by atoms with E-state index in [1.807, 2.05) is 0 Å². The number of nitrogens with zero attached hydrogens (tertiary/aromatic N) is 4. The van der Waals surface area contributed by atoms with Crippen molar-refractivity contribution < 1.29 is 9.85 Å². The Hall–Kier alpha value is -2.06. The Bertz CT molecular complexity index is 332. The zero-order chi connectivity index (χ0) is 10.0. The standard InChI is InChI=1S/C4H5N5O4/c1-2-3(6-7-5-2)4(8(10)11)9(12)13/h4H,1H3,(H,5,6,7). The zero-order valence-electron chi connectivity index (χ0n) is 6.50. The molecule has 0 aromatic carbocycles. The lowest BCUT2D eigenvalue weighted by Crippen LogP contribution is -2.20. The van der Waals surface area contributed by atoms with Gasteiger partial charge in [0.05, 0.1) is 5.69 Å². The van der Waals surface area contributed by atoms with E-state index in [9.17, 15) is 20.2 Å². The van der Waals surface area contributed by atoms with Crippen molar-refractivity contribution in [2.45, 2.75) is 13.1 Å². The van der Waals surface area contributed by atoms with Gasteiger partial charge in [0.25, 0.3) is 0 Å². The average Bonchev–Trinajstić information content (AvgIpc) is 2.35. The molecule has 0 fully saturated rings. The summed E-state index contributed by atoms with van der Waals surface area (Å²) in [6.45, 7) is 1.40. The molecule has 0 bridgehead atoms. The van der Waals surface area contributed by atoms with Crippen molar-refractivity contribution in [3.8, 4) is 0 Å². The van der Waals surface area contributed by atoms with E-state index in [4.69, 9.17) is 0 Å². The van der Waals surface area contributed by atoms with E-state index in [0.717, 1.165) is 0 Å². The fourth-order valence-corrected chi connectivity index (χ4v) is 0.813. The zero-order valence-corrected chi connectivity index (χ0v) is 6.50. The molecule has 9 heteroatoms. The van der Waals surface area contributed by atoms with Gasteiger partial charge in [0.15, 0.2) is 0 Å². The highest BCUT2D eigenvalue weighted by atomic mass is 16.7. The lowest BCUT2D eigenvalue weighted by Gasteiger charge is -1.97. The van der Waals surface area contributed by atoms with Crippen LogP contribution in [-0.4, -0.2) is 25.3 Å². The fraction of sp³-hybridized carbons (Fsp3) is 0.500. The second-order valence-electron chi connectivity index (χ2n) is 2.24. The molecule has 9 nitrogen and oxygen atoms in total. The van der Waals surface area contributed by atoms with Crippen LogP contribution in [0.15, 0.2) is 0 Å². The number of aromatic nitrogens is 3. The molecule has 1 N–H and O–H groups in total. The second kappa shape index (κ2) is 3.13. The van der Waals surface area contributed by atoms with E-state index in [-0.39, 0.29) is 11.4 Å². The van der Waals surface area contributed by atoms with Crippen LogP contribution in [0.3, 0.4) is 0 Å². The number of nitrogens with one attached hydrogen (secondary N) is 1. The topological polar surface area (TPSA) is 128 Å². The van der Waals surface area contributed by atoms with Gasteiger partial charge in [-0.05, 0) is 6.92 Å². The Morgan fingerprint density at radius 2 is 1.85 bits per heavy atom. The van der Waals surface area contributed by atoms with Gasteiger partial charge in [-0.2, -0.15) is 10.3 Å². The van der Waals surface area contributed by atoms with Crippen LogP contribution in [0.4, 0.5) is 0 Å². The molecule has 0 saturated heterocycles. The minimum Gasteiger partial charge on any atom is -0.258 e. The van der Waals surface area contributed by atoms with E-state index in [2.05, 4.69) is 15.4 Å². The van der Waals surface area contributed by atoms with Gasteiger partial charge in [-0.15, -0.1) is 5.10 Å². The monoisotopic (exact) mass is 187 g/mol. The van der Waals surface area contributed by atoms with Gasteiger partial charge >= 0.3 is 6.17 Å². The van der Waals surface area contributed by atoms with Crippen LogP contribution in [0, 0.1) is 27.2 Å². The maximum atomic E-state index is 10.3. The molecule has 1 aromatic rings. The first-order valence-corrected chi connectivity index (χ1v) is 3.18. The molecule has 0 aliphatic carbocycles. The van der Waals surface area contributed by atoms with Crippen molar-refractivity contribution in [2.24, 2.45) is 0 Å². The third kappa shape index (κ3) is 1.58. The van der Waals surface area contributed by atoms with Crippen molar-refractivity contribution in [1.82, 2.24) is 15.4 Å². The molecule has 1 aromatic heterocycles. The van der Waals surface area contributed by atoms with Crippen LogP contribution in [0.25, 0.3) is 0 Å². The Morgan fingerprint density at radius 1 is 1.31 bits per heavy atom. The van der Waals surface area contributed by atoms with Crippen LogP contribution in [0.2, 0.25) is 0 Å². The van der Waals surface area contributed by atoms with E-state index >= 15 is 0 Å². The van der Waals surface area contributed by atoms with Gasteiger partial charge in [0.1, 0.15) is 9.85 Å². The number of hydrogen-bond acceptors (Lipinski definition) is 6. The highest BCUT2D eigenvalue weighted by Crippen LogP contribution is 2.15. The van der Waals surface area contributed by atoms with Crippen molar-refractivity contribution in [1.29, 1.82) is 0 Å². The van der Waals surface area contributed by atoms with Gasteiger partial charge in [0, 0.05) is 0 Å². The number of rotatable bonds is 3. The molecule has 0 radical (unpaired) electrons. The number of H-pyrrole nitrogens is 1. The average molecular weight is 187 g/mol. The summed E-state index contributed by atoms with van der Waals surface area (Å²) in [5.74, 6) is 0. The molecule has 0 spiro atoms. The molecule has 1 rings (SSSR count). The van der Waals surface area contributed by atoms with Crippen LogP contribution in [-0.2, 0) is 0 Å². The van der Waals surface area contributed by atoms with Gasteiger partial charge in [0.2, 0.25) is 5.69 Å². The van der Waals surface area contributed by atoms with Crippen LogP contribution in [0.1, 0.15) is 17.6 Å². The van der Waals surface area contributed by atoms with Crippen LogP contribution in [0.5, 0.6) is 0 Å². The number of aromatic amines is 1. The van der Waals surface area contributed by atoms with Crippen LogP contribution < -0.4 is 0 Å².